The van der Waals surface area contributed by atoms with Crippen LogP contribution in [0.5, 0.6) is 0 Å². The maximum absolute atomic E-state index is 12.0. The Kier molecular flexibility index (Phi) is 4.39. The van der Waals surface area contributed by atoms with Crippen LogP contribution < -0.4 is 0 Å². The first-order valence-electron chi connectivity index (χ1n) is 8.66. The number of nitrogens with one attached hydrogen (secondary N) is 1. The van der Waals surface area contributed by atoms with E-state index in [4.69, 9.17) is 5.41 Å². The molecule has 126 valence electrons. The number of hydrogen-bond acceptors (Lipinski definition) is 2. The van der Waals surface area contributed by atoms with Crippen molar-refractivity contribution in [1.29, 1.82) is 5.41 Å². The molecule has 1 aliphatic carbocycles. The number of amidine groups is 1. The molecule has 3 rings (SSSR count). The molecule has 0 radical (unpaired) electrons. The molecule has 1 aliphatic heterocycles. The number of allylic oxidation sites excluding steroid dienone is 1. The molecule has 2 aliphatic rings. The van der Waals surface area contributed by atoms with Crippen molar-refractivity contribution in [3.05, 3.63) is 47.5 Å². The average molecular weight is 323 g/mol. The van der Waals surface area contributed by atoms with Gasteiger partial charge in [-0.2, -0.15) is 0 Å². The fourth-order valence-corrected chi connectivity index (χ4v) is 4.09. The number of fused-ring (bicyclic) bond motifs is 2. The standard InChI is InChI=1S/C20H25N3O/c1-4-18(24)23-11-9-20(10-12-23)13-14(2)19(22-15(3)21)16-7-5-6-8-17(16)20/h5-8,21H,2,4,9-13H2,1,3H3. The number of carbonyl (C=O) groups is 1. The van der Waals surface area contributed by atoms with Crippen LogP contribution in [0.4, 0.5) is 0 Å². The number of hydrogen-bond donors (Lipinski definition) is 1. The van der Waals surface area contributed by atoms with E-state index in [0.717, 1.165) is 49.2 Å². The van der Waals surface area contributed by atoms with Crippen molar-refractivity contribution in [2.24, 2.45) is 4.99 Å². The van der Waals surface area contributed by atoms with Crippen LogP contribution >= 0.6 is 0 Å². The van der Waals surface area contributed by atoms with E-state index in [9.17, 15) is 4.79 Å². The Morgan fingerprint density at radius 3 is 2.62 bits per heavy atom. The van der Waals surface area contributed by atoms with Crippen LogP contribution in [-0.2, 0) is 10.2 Å². The summed E-state index contributed by atoms with van der Waals surface area (Å²) in [6.07, 6.45) is 3.37. The molecule has 1 aromatic rings. The van der Waals surface area contributed by atoms with Crippen molar-refractivity contribution in [3.63, 3.8) is 0 Å². The summed E-state index contributed by atoms with van der Waals surface area (Å²) in [5.74, 6) is 0.551. The number of aliphatic imine (C=N–C) groups is 1. The molecule has 1 spiro atoms. The van der Waals surface area contributed by atoms with Crippen LogP contribution in [0.3, 0.4) is 0 Å². The number of nitrogens with zero attached hydrogens (tertiary/aromatic N) is 2. The normalized spacial score (nSPS) is 21.0. The van der Waals surface area contributed by atoms with Crippen LogP contribution in [0.15, 0.2) is 41.4 Å². The average Bonchev–Trinajstić information content (AvgIpc) is 2.58. The number of likely N-dealkylation sites (tertiary alicyclic amines) is 1. The lowest BCUT2D eigenvalue weighted by atomic mass is 9.63. The Balaban J connectivity index is 1.98. The van der Waals surface area contributed by atoms with Gasteiger partial charge in [0.1, 0.15) is 5.84 Å². The van der Waals surface area contributed by atoms with Crippen molar-refractivity contribution in [1.82, 2.24) is 4.90 Å². The van der Waals surface area contributed by atoms with Gasteiger partial charge in [0.25, 0.3) is 0 Å². The molecule has 24 heavy (non-hydrogen) atoms. The Labute approximate surface area is 143 Å². The molecule has 4 heteroatoms. The zero-order valence-corrected chi connectivity index (χ0v) is 14.6. The largest absolute Gasteiger partial charge is 0.343 e. The van der Waals surface area contributed by atoms with Gasteiger partial charge in [0, 0.05) is 30.5 Å². The molecule has 1 amide bonds. The van der Waals surface area contributed by atoms with Gasteiger partial charge in [0.2, 0.25) is 5.91 Å². The van der Waals surface area contributed by atoms with Crippen LogP contribution in [-0.4, -0.2) is 35.4 Å². The lowest BCUT2D eigenvalue weighted by molar-refractivity contribution is -0.132. The van der Waals surface area contributed by atoms with Crippen LogP contribution in [0.1, 0.15) is 50.7 Å². The van der Waals surface area contributed by atoms with Gasteiger partial charge in [-0.15, -0.1) is 0 Å². The fraction of sp³-hybridized carbons (Fsp3) is 0.450. The minimum atomic E-state index is 0.0488. The number of amides is 1. The SMILES string of the molecule is C=C1CC2(CCN(C(=O)CC)CC2)c2ccccc2C1=NC(C)=N. The van der Waals surface area contributed by atoms with Gasteiger partial charge in [-0.25, -0.2) is 4.99 Å². The topological polar surface area (TPSA) is 56.5 Å². The summed E-state index contributed by atoms with van der Waals surface area (Å²) in [5.41, 5.74) is 4.33. The van der Waals surface area contributed by atoms with Crippen molar-refractivity contribution in [3.8, 4) is 0 Å². The summed E-state index contributed by atoms with van der Waals surface area (Å²) < 4.78 is 0. The maximum atomic E-state index is 12.0. The van der Waals surface area contributed by atoms with E-state index in [0.29, 0.717) is 12.3 Å². The second-order valence-corrected chi connectivity index (χ2v) is 6.89. The molecular formula is C20H25N3O. The minimum absolute atomic E-state index is 0.0488. The predicted molar refractivity (Wildman–Crippen MR) is 97.9 cm³/mol. The lowest BCUT2D eigenvalue weighted by Gasteiger charge is -2.46. The third kappa shape index (κ3) is 2.81. The molecule has 0 saturated carbocycles. The molecule has 4 nitrogen and oxygen atoms in total. The Morgan fingerprint density at radius 1 is 1.33 bits per heavy atom. The Morgan fingerprint density at radius 2 is 2.00 bits per heavy atom. The first-order valence-corrected chi connectivity index (χ1v) is 8.66. The molecule has 1 N–H and O–H groups in total. The van der Waals surface area contributed by atoms with E-state index in [1.54, 1.807) is 6.92 Å². The van der Waals surface area contributed by atoms with Gasteiger partial charge in [-0.1, -0.05) is 37.8 Å². The summed E-state index contributed by atoms with van der Waals surface area (Å²) in [7, 11) is 0. The number of piperidine rings is 1. The van der Waals surface area contributed by atoms with Gasteiger partial charge in [0.15, 0.2) is 0 Å². The van der Waals surface area contributed by atoms with Crippen molar-refractivity contribution >= 4 is 17.5 Å². The quantitative estimate of drug-likeness (QED) is 0.622. The second kappa shape index (κ2) is 6.34. The first-order chi connectivity index (χ1) is 11.5. The van der Waals surface area contributed by atoms with Gasteiger partial charge in [-0.05, 0) is 37.3 Å². The number of rotatable bonds is 1. The highest BCUT2D eigenvalue weighted by Crippen LogP contribution is 2.46. The Hall–Kier alpha value is -2.23. The van der Waals surface area contributed by atoms with E-state index < -0.39 is 0 Å². The van der Waals surface area contributed by atoms with E-state index in [1.165, 1.54) is 5.56 Å². The zero-order chi connectivity index (χ0) is 17.3. The van der Waals surface area contributed by atoms with E-state index in [-0.39, 0.29) is 11.3 Å². The van der Waals surface area contributed by atoms with Crippen molar-refractivity contribution < 1.29 is 4.79 Å². The molecule has 1 saturated heterocycles. The highest BCUT2D eigenvalue weighted by Gasteiger charge is 2.42. The molecule has 1 fully saturated rings. The molecule has 0 aromatic heterocycles. The molecule has 1 heterocycles. The maximum Gasteiger partial charge on any atom is 0.222 e. The first kappa shape index (κ1) is 16.6. The van der Waals surface area contributed by atoms with Gasteiger partial charge < -0.3 is 4.90 Å². The van der Waals surface area contributed by atoms with Crippen LogP contribution in [0.25, 0.3) is 0 Å². The van der Waals surface area contributed by atoms with E-state index in [1.807, 2.05) is 17.9 Å². The zero-order valence-electron chi connectivity index (χ0n) is 14.6. The summed E-state index contributed by atoms with van der Waals surface area (Å²) in [6.45, 7) is 9.50. The molecular weight excluding hydrogens is 298 g/mol. The Bertz CT molecular complexity index is 724. The molecule has 1 aromatic carbocycles. The number of carbonyl (C=O) groups excluding carboxylic acids is 1. The van der Waals surface area contributed by atoms with Crippen molar-refractivity contribution in [2.75, 3.05) is 13.1 Å². The fourth-order valence-electron chi connectivity index (χ4n) is 4.09. The highest BCUT2D eigenvalue weighted by atomic mass is 16.2. The van der Waals surface area contributed by atoms with Crippen LogP contribution in [0.2, 0.25) is 0 Å². The molecule has 0 bridgehead atoms. The highest BCUT2D eigenvalue weighted by molar-refractivity contribution is 6.18. The summed E-state index contributed by atoms with van der Waals surface area (Å²) in [6, 6.07) is 8.38. The third-order valence-electron chi connectivity index (χ3n) is 5.30. The summed E-state index contributed by atoms with van der Waals surface area (Å²) in [4.78, 5) is 18.4. The monoisotopic (exact) mass is 323 g/mol. The van der Waals surface area contributed by atoms with E-state index >= 15 is 0 Å². The minimum Gasteiger partial charge on any atom is -0.343 e. The number of benzene rings is 1. The van der Waals surface area contributed by atoms with Crippen molar-refractivity contribution in [2.45, 2.75) is 44.9 Å². The van der Waals surface area contributed by atoms with Gasteiger partial charge in [0.05, 0.1) is 5.71 Å². The summed E-state index contributed by atoms with van der Waals surface area (Å²) >= 11 is 0. The second-order valence-electron chi connectivity index (χ2n) is 6.89. The molecule has 0 unspecified atom stereocenters. The predicted octanol–water partition coefficient (Wildman–Crippen LogP) is 3.70. The molecule has 0 atom stereocenters. The van der Waals surface area contributed by atoms with Gasteiger partial charge in [-0.3, -0.25) is 10.2 Å². The smallest absolute Gasteiger partial charge is 0.222 e. The van der Waals surface area contributed by atoms with Crippen LogP contribution in [0, 0.1) is 5.41 Å². The summed E-state index contributed by atoms with van der Waals surface area (Å²) in [5, 5.41) is 7.72. The van der Waals surface area contributed by atoms with E-state index in [2.05, 4.69) is 29.8 Å². The lowest BCUT2D eigenvalue weighted by Crippen LogP contribution is -2.47. The third-order valence-corrected chi connectivity index (χ3v) is 5.30. The van der Waals surface area contributed by atoms with Gasteiger partial charge >= 0.3 is 0 Å².